The van der Waals surface area contributed by atoms with Crippen LogP contribution in [0.4, 0.5) is 0 Å². The first kappa shape index (κ1) is 18.7. The quantitative estimate of drug-likeness (QED) is 0.788. The van der Waals surface area contributed by atoms with Gasteiger partial charge in [-0.2, -0.15) is 0 Å². The maximum absolute atomic E-state index is 11.7. The fourth-order valence-electron chi connectivity index (χ4n) is 3.81. The zero-order valence-corrected chi connectivity index (χ0v) is 16.9. The number of carbonyl (C=O) groups is 1. The molecule has 2 heterocycles. The average molecular weight is 377 g/mol. The molecule has 1 amide bonds. The van der Waals surface area contributed by atoms with Crippen LogP contribution >= 0.6 is 0 Å². The maximum atomic E-state index is 11.7. The van der Waals surface area contributed by atoms with Gasteiger partial charge in [-0.15, -0.1) is 0 Å². The number of hydrogen-bond acceptors (Lipinski definition) is 3. The molecule has 0 spiro atoms. The Kier molecular flexibility index (Phi) is 5.21. The smallest absolute Gasteiger partial charge is 0.220 e. The van der Waals surface area contributed by atoms with E-state index in [1.807, 2.05) is 0 Å². The van der Waals surface area contributed by atoms with Crippen molar-refractivity contribution in [1.29, 1.82) is 0 Å². The van der Waals surface area contributed by atoms with Gasteiger partial charge in [0.1, 0.15) is 0 Å². The third-order valence-corrected chi connectivity index (χ3v) is 5.66. The highest BCUT2D eigenvalue weighted by Crippen LogP contribution is 2.44. The molecule has 4 nitrogen and oxygen atoms in total. The highest BCUT2D eigenvalue weighted by atomic mass is 16.5. The summed E-state index contributed by atoms with van der Waals surface area (Å²) in [7, 11) is 1.69. The maximum Gasteiger partial charge on any atom is 0.220 e. The fourth-order valence-corrected chi connectivity index (χ4v) is 3.81. The van der Waals surface area contributed by atoms with E-state index in [4.69, 9.17) is 9.72 Å². The molecule has 1 N–H and O–H groups in total. The molecule has 1 aromatic carbocycles. The predicted octanol–water partition coefficient (Wildman–Crippen LogP) is 4.80. The second-order valence-corrected chi connectivity index (χ2v) is 8.14. The van der Waals surface area contributed by atoms with E-state index < -0.39 is 0 Å². The highest BCUT2D eigenvalue weighted by molar-refractivity contribution is 5.82. The van der Waals surface area contributed by atoms with Crippen LogP contribution < -0.4 is 10.1 Å². The first-order valence-corrected chi connectivity index (χ1v) is 10.2. The number of methoxy groups -OCH3 is 1. The van der Waals surface area contributed by atoms with Crippen LogP contribution in [-0.2, 0) is 4.79 Å². The van der Waals surface area contributed by atoms with E-state index in [1.54, 1.807) is 7.11 Å². The number of carbonyl (C=O) groups excluding carboxylic acids is 1. The lowest BCUT2D eigenvalue weighted by molar-refractivity contribution is -0.119. The summed E-state index contributed by atoms with van der Waals surface area (Å²) in [5, 5.41) is 3.05. The van der Waals surface area contributed by atoms with Crippen molar-refractivity contribution < 1.29 is 9.53 Å². The summed E-state index contributed by atoms with van der Waals surface area (Å²) in [5.74, 6) is 1.92. The number of hydrogen-bond donors (Lipinski definition) is 1. The van der Waals surface area contributed by atoms with Crippen molar-refractivity contribution in [2.45, 2.75) is 57.4 Å². The predicted molar refractivity (Wildman–Crippen MR) is 112 cm³/mol. The van der Waals surface area contributed by atoms with Crippen LogP contribution in [-0.4, -0.2) is 24.0 Å². The van der Waals surface area contributed by atoms with Crippen molar-refractivity contribution in [3.05, 3.63) is 64.9 Å². The molecule has 2 fully saturated rings. The van der Waals surface area contributed by atoms with Crippen LogP contribution in [0.3, 0.4) is 0 Å². The molecule has 0 unspecified atom stereocenters. The van der Waals surface area contributed by atoms with Gasteiger partial charge in [0.25, 0.3) is 0 Å². The lowest BCUT2D eigenvalue weighted by atomic mass is 9.95. The molecular weight excluding hydrogens is 348 g/mol. The standard InChI is InChI=1S/C24H28N2O2/c1-15(2)16-4-6-18(7-5-16)21(14-19-10-13-23(27)25-19)22-12-11-20(17-8-9-17)24(26-22)28-3/h4-7,11-12,14-15,17,19H,8-10,13H2,1-3H3,(H,25,27)/t19-/m1/s1. The lowest BCUT2D eigenvalue weighted by Crippen LogP contribution is -2.23. The Morgan fingerprint density at radius 1 is 1.14 bits per heavy atom. The number of nitrogens with zero attached hydrogens (tertiary/aromatic N) is 1. The molecule has 1 aliphatic heterocycles. The fraction of sp³-hybridized carbons (Fsp3) is 0.417. The van der Waals surface area contributed by atoms with E-state index in [0.29, 0.717) is 18.3 Å². The molecule has 28 heavy (non-hydrogen) atoms. The van der Waals surface area contributed by atoms with E-state index in [-0.39, 0.29) is 11.9 Å². The van der Waals surface area contributed by atoms with Crippen molar-refractivity contribution in [3.8, 4) is 5.88 Å². The zero-order valence-electron chi connectivity index (χ0n) is 16.9. The third kappa shape index (κ3) is 3.96. The van der Waals surface area contributed by atoms with Crippen molar-refractivity contribution in [1.82, 2.24) is 10.3 Å². The van der Waals surface area contributed by atoms with Gasteiger partial charge in [0, 0.05) is 23.6 Å². The Labute approximate surface area is 167 Å². The summed E-state index contributed by atoms with van der Waals surface area (Å²) in [6.07, 6.45) is 5.98. The third-order valence-electron chi connectivity index (χ3n) is 5.66. The molecular formula is C24H28N2O2. The van der Waals surface area contributed by atoms with E-state index in [9.17, 15) is 4.79 Å². The monoisotopic (exact) mass is 376 g/mol. The molecule has 1 saturated heterocycles. The second-order valence-electron chi connectivity index (χ2n) is 8.14. The molecule has 1 aliphatic carbocycles. The zero-order chi connectivity index (χ0) is 19.7. The minimum atomic E-state index is 0.0446. The van der Waals surface area contributed by atoms with Gasteiger partial charge < -0.3 is 10.1 Å². The highest BCUT2D eigenvalue weighted by Gasteiger charge is 2.28. The van der Waals surface area contributed by atoms with Gasteiger partial charge in [-0.3, -0.25) is 4.79 Å². The summed E-state index contributed by atoms with van der Waals surface area (Å²) in [5.41, 5.74) is 5.56. The van der Waals surface area contributed by atoms with Crippen molar-refractivity contribution >= 4 is 11.5 Å². The van der Waals surface area contributed by atoms with Gasteiger partial charge in [0.2, 0.25) is 11.8 Å². The molecule has 4 heteroatoms. The topological polar surface area (TPSA) is 51.2 Å². The van der Waals surface area contributed by atoms with Crippen LogP contribution in [0.1, 0.15) is 73.8 Å². The largest absolute Gasteiger partial charge is 0.481 e. The van der Waals surface area contributed by atoms with Crippen LogP contribution in [0.15, 0.2) is 42.5 Å². The molecule has 1 aromatic heterocycles. The molecule has 2 aliphatic rings. The summed E-state index contributed by atoms with van der Waals surface area (Å²) in [6, 6.07) is 13.0. The summed E-state index contributed by atoms with van der Waals surface area (Å²) in [6.45, 7) is 4.39. The van der Waals surface area contributed by atoms with E-state index >= 15 is 0 Å². The van der Waals surface area contributed by atoms with Gasteiger partial charge in [0.15, 0.2) is 0 Å². The minimum Gasteiger partial charge on any atom is -0.481 e. The van der Waals surface area contributed by atoms with Crippen LogP contribution in [0.5, 0.6) is 5.88 Å². The summed E-state index contributed by atoms with van der Waals surface area (Å²) in [4.78, 5) is 16.5. The van der Waals surface area contributed by atoms with Crippen LogP contribution in [0, 0.1) is 0 Å². The molecule has 0 radical (unpaired) electrons. The molecule has 146 valence electrons. The van der Waals surface area contributed by atoms with Crippen molar-refractivity contribution in [3.63, 3.8) is 0 Å². The number of ether oxygens (including phenoxy) is 1. The second kappa shape index (κ2) is 7.78. The SMILES string of the molecule is COc1nc(C(=C[C@H]2CCC(=O)N2)c2ccc(C(C)C)cc2)ccc1C1CC1. The summed E-state index contributed by atoms with van der Waals surface area (Å²) >= 11 is 0. The Hall–Kier alpha value is -2.62. The first-order chi connectivity index (χ1) is 13.5. The van der Waals surface area contributed by atoms with E-state index in [2.05, 4.69) is 61.6 Å². The molecule has 1 saturated carbocycles. The number of benzene rings is 1. The molecule has 4 rings (SSSR count). The number of rotatable bonds is 6. The van der Waals surface area contributed by atoms with Crippen LogP contribution in [0.2, 0.25) is 0 Å². The van der Waals surface area contributed by atoms with Gasteiger partial charge >= 0.3 is 0 Å². The number of aromatic nitrogens is 1. The minimum absolute atomic E-state index is 0.0446. The Balaban J connectivity index is 1.74. The van der Waals surface area contributed by atoms with Crippen molar-refractivity contribution in [2.24, 2.45) is 0 Å². The molecule has 2 aromatic rings. The average Bonchev–Trinajstić information content (AvgIpc) is 3.47. The number of pyridine rings is 1. The van der Waals surface area contributed by atoms with Crippen molar-refractivity contribution in [2.75, 3.05) is 7.11 Å². The molecule has 1 atom stereocenters. The normalized spacial score (nSPS) is 19.8. The molecule has 0 bridgehead atoms. The van der Waals surface area contributed by atoms with Gasteiger partial charge in [-0.1, -0.05) is 50.3 Å². The number of amides is 1. The van der Waals surface area contributed by atoms with E-state index in [0.717, 1.165) is 29.1 Å². The van der Waals surface area contributed by atoms with E-state index in [1.165, 1.54) is 24.0 Å². The Morgan fingerprint density at radius 2 is 1.89 bits per heavy atom. The Morgan fingerprint density at radius 3 is 2.46 bits per heavy atom. The lowest BCUT2D eigenvalue weighted by Gasteiger charge is -2.15. The number of nitrogens with one attached hydrogen (secondary N) is 1. The summed E-state index contributed by atoms with van der Waals surface area (Å²) < 4.78 is 5.60. The van der Waals surface area contributed by atoms with Gasteiger partial charge in [-0.25, -0.2) is 4.98 Å². The van der Waals surface area contributed by atoms with Gasteiger partial charge in [0.05, 0.1) is 12.8 Å². The Bertz CT molecular complexity index is 895. The first-order valence-electron chi connectivity index (χ1n) is 10.2. The van der Waals surface area contributed by atoms with Crippen LogP contribution in [0.25, 0.3) is 5.57 Å². The van der Waals surface area contributed by atoms with Gasteiger partial charge in [-0.05, 0) is 48.3 Å².